The highest BCUT2D eigenvalue weighted by Crippen LogP contribution is 2.44. The highest BCUT2D eigenvalue weighted by molar-refractivity contribution is 5.85. The van der Waals surface area contributed by atoms with E-state index in [-0.39, 0.29) is 10.8 Å². The lowest BCUT2D eigenvalue weighted by molar-refractivity contribution is 0.446. The van der Waals surface area contributed by atoms with Crippen molar-refractivity contribution in [2.24, 2.45) is 0 Å². The summed E-state index contributed by atoms with van der Waals surface area (Å²) in [5.41, 5.74) is 11.0. The molecule has 0 bridgehead atoms. The Morgan fingerprint density at radius 3 is 1.90 bits per heavy atom. The molecule has 0 fully saturated rings. The van der Waals surface area contributed by atoms with Crippen LogP contribution >= 0.6 is 0 Å². The standard InChI is InChI=1S/C44H45N3O/c1-29-20-21-36(30(2)23-29)31-24-32(37-27-34(43(3,4)5)28-38(42(37)48)44(6,7)8)26-33(25-31)39-17-14-19-41(46-39)47(35-15-10-9-11-16-35)40-18-12-13-22-45-40/h9-28,48H,1-8H3. The van der Waals surface area contributed by atoms with Crippen LogP contribution in [-0.2, 0) is 10.8 Å². The van der Waals surface area contributed by atoms with Crippen molar-refractivity contribution in [2.45, 2.75) is 66.2 Å². The van der Waals surface area contributed by atoms with Gasteiger partial charge in [-0.25, -0.2) is 9.97 Å². The molecule has 0 saturated carbocycles. The van der Waals surface area contributed by atoms with Gasteiger partial charge in [-0.3, -0.25) is 4.90 Å². The second kappa shape index (κ2) is 12.8. The van der Waals surface area contributed by atoms with Crippen molar-refractivity contribution in [2.75, 3.05) is 4.90 Å². The second-order valence-electron chi connectivity index (χ2n) is 14.8. The maximum atomic E-state index is 11.9. The summed E-state index contributed by atoms with van der Waals surface area (Å²) in [5, 5.41) is 11.9. The zero-order valence-electron chi connectivity index (χ0n) is 29.3. The molecule has 0 atom stereocenters. The number of nitrogens with zero attached hydrogens (tertiary/aromatic N) is 3. The minimum absolute atomic E-state index is 0.0985. The average molecular weight is 632 g/mol. The van der Waals surface area contributed by atoms with Crippen molar-refractivity contribution in [1.82, 2.24) is 9.97 Å². The molecule has 0 radical (unpaired) electrons. The van der Waals surface area contributed by atoms with Gasteiger partial charge in [0.2, 0.25) is 0 Å². The first-order valence-corrected chi connectivity index (χ1v) is 16.6. The van der Waals surface area contributed by atoms with E-state index in [0.717, 1.165) is 56.4 Å². The molecule has 1 N–H and O–H groups in total. The van der Waals surface area contributed by atoms with Gasteiger partial charge in [0.05, 0.1) is 5.69 Å². The number of para-hydroxylation sites is 1. The molecule has 2 heterocycles. The van der Waals surface area contributed by atoms with Crippen molar-refractivity contribution in [1.29, 1.82) is 0 Å². The van der Waals surface area contributed by atoms with E-state index in [0.29, 0.717) is 5.75 Å². The lowest BCUT2D eigenvalue weighted by Crippen LogP contribution is -2.17. The number of aromatic nitrogens is 2. The van der Waals surface area contributed by atoms with Gasteiger partial charge in [0.25, 0.3) is 0 Å². The van der Waals surface area contributed by atoms with Crippen LogP contribution in [0.1, 0.15) is 63.8 Å². The number of anilines is 3. The zero-order valence-corrected chi connectivity index (χ0v) is 29.3. The van der Waals surface area contributed by atoms with Crippen molar-refractivity contribution < 1.29 is 5.11 Å². The number of pyridine rings is 2. The van der Waals surface area contributed by atoms with E-state index in [4.69, 9.17) is 4.98 Å². The van der Waals surface area contributed by atoms with Crippen LogP contribution in [0.4, 0.5) is 17.3 Å². The number of benzene rings is 4. The molecule has 0 amide bonds. The summed E-state index contributed by atoms with van der Waals surface area (Å²) in [4.78, 5) is 12.0. The highest BCUT2D eigenvalue weighted by Gasteiger charge is 2.26. The van der Waals surface area contributed by atoms with Crippen LogP contribution in [0.25, 0.3) is 33.5 Å². The van der Waals surface area contributed by atoms with Gasteiger partial charge in [-0.15, -0.1) is 0 Å². The fourth-order valence-corrected chi connectivity index (χ4v) is 6.24. The zero-order chi connectivity index (χ0) is 34.2. The summed E-state index contributed by atoms with van der Waals surface area (Å²) in [7, 11) is 0. The number of phenols is 1. The van der Waals surface area contributed by atoms with E-state index in [9.17, 15) is 5.11 Å². The van der Waals surface area contributed by atoms with E-state index in [1.807, 2.05) is 42.5 Å². The Balaban J connectivity index is 1.60. The minimum Gasteiger partial charge on any atom is -0.507 e. The molecule has 0 spiro atoms. The topological polar surface area (TPSA) is 49.2 Å². The number of phenolic OH excluding ortho intramolecular Hbond substituents is 1. The summed E-state index contributed by atoms with van der Waals surface area (Å²) >= 11 is 0. The molecule has 242 valence electrons. The quantitative estimate of drug-likeness (QED) is 0.199. The van der Waals surface area contributed by atoms with Gasteiger partial charge in [0.15, 0.2) is 0 Å². The summed E-state index contributed by atoms with van der Waals surface area (Å²) in [6, 6.07) is 39.8. The summed E-state index contributed by atoms with van der Waals surface area (Å²) in [6.45, 7) is 17.4. The SMILES string of the molecule is Cc1ccc(-c2cc(-c3cccc(N(c4ccccc4)c4ccccn4)n3)cc(-c3cc(C(C)(C)C)cc(C(C)(C)C)c3O)c2)c(C)c1. The fourth-order valence-electron chi connectivity index (χ4n) is 6.24. The van der Waals surface area contributed by atoms with E-state index < -0.39 is 0 Å². The Kier molecular flexibility index (Phi) is 8.70. The Morgan fingerprint density at radius 1 is 0.583 bits per heavy atom. The third kappa shape index (κ3) is 6.75. The lowest BCUT2D eigenvalue weighted by Gasteiger charge is -2.28. The number of rotatable bonds is 6. The van der Waals surface area contributed by atoms with Gasteiger partial charge in [-0.2, -0.15) is 0 Å². The molecule has 6 rings (SSSR count). The molecular weight excluding hydrogens is 587 g/mol. The Labute approximate surface area is 285 Å². The van der Waals surface area contributed by atoms with Crippen LogP contribution in [-0.4, -0.2) is 15.1 Å². The normalized spacial score (nSPS) is 11.8. The molecule has 0 unspecified atom stereocenters. The van der Waals surface area contributed by atoms with Gasteiger partial charge in [0.1, 0.15) is 17.4 Å². The molecule has 4 heteroatoms. The number of aryl methyl sites for hydroxylation is 2. The van der Waals surface area contributed by atoms with Crippen LogP contribution in [0, 0.1) is 13.8 Å². The van der Waals surface area contributed by atoms with Gasteiger partial charge in [-0.05, 0) is 113 Å². The van der Waals surface area contributed by atoms with Crippen LogP contribution in [0.15, 0.2) is 121 Å². The molecule has 4 nitrogen and oxygen atoms in total. The smallest absolute Gasteiger partial charge is 0.139 e. The monoisotopic (exact) mass is 631 g/mol. The van der Waals surface area contributed by atoms with E-state index in [2.05, 4.69) is 138 Å². The predicted molar refractivity (Wildman–Crippen MR) is 202 cm³/mol. The van der Waals surface area contributed by atoms with Crippen LogP contribution in [0.3, 0.4) is 0 Å². The number of aromatic hydroxyl groups is 1. The van der Waals surface area contributed by atoms with Crippen LogP contribution in [0.2, 0.25) is 0 Å². The van der Waals surface area contributed by atoms with Crippen molar-refractivity contribution in [3.8, 4) is 39.3 Å². The lowest BCUT2D eigenvalue weighted by atomic mass is 9.78. The highest BCUT2D eigenvalue weighted by atomic mass is 16.3. The molecule has 0 aliphatic heterocycles. The van der Waals surface area contributed by atoms with Gasteiger partial charge < -0.3 is 5.11 Å². The van der Waals surface area contributed by atoms with Gasteiger partial charge in [0, 0.05) is 28.6 Å². The van der Waals surface area contributed by atoms with E-state index in [1.165, 1.54) is 16.7 Å². The molecular formula is C44H45N3O. The van der Waals surface area contributed by atoms with Gasteiger partial charge >= 0.3 is 0 Å². The fraction of sp³-hybridized carbons (Fsp3) is 0.227. The Bertz CT molecular complexity index is 2030. The number of hydrogen-bond acceptors (Lipinski definition) is 4. The second-order valence-corrected chi connectivity index (χ2v) is 14.8. The Morgan fingerprint density at radius 2 is 1.25 bits per heavy atom. The van der Waals surface area contributed by atoms with Crippen molar-refractivity contribution in [3.05, 3.63) is 144 Å². The van der Waals surface area contributed by atoms with Crippen molar-refractivity contribution in [3.63, 3.8) is 0 Å². The summed E-state index contributed by atoms with van der Waals surface area (Å²) in [6.07, 6.45) is 1.80. The molecule has 4 aromatic carbocycles. The summed E-state index contributed by atoms with van der Waals surface area (Å²) < 4.78 is 0. The van der Waals surface area contributed by atoms with Crippen LogP contribution in [0.5, 0.6) is 5.75 Å². The minimum atomic E-state index is -0.240. The molecule has 0 aliphatic carbocycles. The maximum Gasteiger partial charge on any atom is 0.139 e. The van der Waals surface area contributed by atoms with Crippen molar-refractivity contribution >= 4 is 17.3 Å². The Hall–Kier alpha value is -5.22. The third-order valence-corrected chi connectivity index (χ3v) is 8.87. The molecule has 0 saturated heterocycles. The van der Waals surface area contributed by atoms with Gasteiger partial charge in [-0.1, -0.05) is 102 Å². The van der Waals surface area contributed by atoms with E-state index >= 15 is 0 Å². The first-order chi connectivity index (χ1) is 22.8. The third-order valence-electron chi connectivity index (χ3n) is 8.87. The average Bonchev–Trinajstić information content (AvgIpc) is 3.05. The first-order valence-electron chi connectivity index (χ1n) is 16.6. The van der Waals surface area contributed by atoms with Crippen LogP contribution < -0.4 is 4.90 Å². The maximum absolute atomic E-state index is 11.9. The molecule has 0 aliphatic rings. The summed E-state index contributed by atoms with van der Waals surface area (Å²) in [5.74, 6) is 1.88. The number of hydrogen-bond donors (Lipinski definition) is 1. The molecule has 2 aromatic heterocycles. The molecule has 48 heavy (non-hydrogen) atoms. The predicted octanol–water partition coefficient (Wildman–Crippen LogP) is 11.9. The molecule has 6 aromatic rings. The van der Waals surface area contributed by atoms with E-state index in [1.54, 1.807) is 6.20 Å². The first kappa shape index (κ1) is 32.7. The largest absolute Gasteiger partial charge is 0.507 e.